The number of nitro benzene ring substituents is 1. The van der Waals surface area contributed by atoms with Crippen LogP contribution in [-0.4, -0.2) is 15.9 Å². The maximum atomic E-state index is 10.6. The number of thiocarbonyl (C=S) groups is 1. The number of hydrogen-bond acceptors (Lipinski definition) is 4. The zero-order valence-electron chi connectivity index (χ0n) is 10.3. The maximum Gasteiger partial charge on any atom is 0.269 e. The summed E-state index contributed by atoms with van der Waals surface area (Å²) in [5.74, 6) is 0.362. The second-order valence-corrected chi connectivity index (χ2v) is 3.96. The Morgan fingerprint density at radius 1 is 1.10 bits per heavy atom. The third kappa shape index (κ3) is 3.41. The van der Waals surface area contributed by atoms with E-state index in [0.29, 0.717) is 11.4 Å². The quantitative estimate of drug-likeness (QED) is 0.283. The minimum absolute atomic E-state index is 0.0131. The Balaban J connectivity index is 2.41. The van der Waals surface area contributed by atoms with Crippen molar-refractivity contribution in [1.29, 1.82) is 0 Å². The van der Waals surface area contributed by atoms with Crippen LogP contribution in [0.25, 0.3) is 0 Å². The third-order valence-corrected chi connectivity index (χ3v) is 2.57. The van der Waals surface area contributed by atoms with E-state index in [1.807, 2.05) is 30.3 Å². The van der Waals surface area contributed by atoms with Crippen LogP contribution in [0.4, 0.5) is 11.4 Å². The molecule has 0 heterocycles. The second kappa shape index (κ2) is 6.47. The summed E-state index contributed by atoms with van der Waals surface area (Å²) in [5.41, 5.74) is 1.37. The summed E-state index contributed by atoms with van der Waals surface area (Å²) in [5, 5.41) is 12.9. The van der Waals surface area contributed by atoms with Crippen molar-refractivity contribution in [3.8, 4) is 0 Å². The number of non-ortho nitro benzene ring substituents is 1. The van der Waals surface area contributed by atoms with Crippen LogP contribution in [0.15, 0.2) is 64.6 Å². The number of nitro groups is 1. The van der Waals surface area contributed by atoms with Crippen molar-refractivity contribution in [1.82, 2.24) is 0 Å². The van der Waals surface area contributed by atoms with Crippen molar-refractivity contribution < 1.29 is 4.92 Å². The summed E-state index contributed by atoms with van der Waals surface area (Å²) < 4.78 is 0. The van der Waals surface area contributed by atoms with Crippen molar-refractivity contribution in [2.75, 3.05) is 0 Å². The highest BCUT2D eigenvalue weighted by Crippen LogP contribution is 2.16. The highest BCUT2D eigenvalue weighted by atomic mass is 32.1. The van der Waals surface area contributed by atoms with Gasteiger partial charge in [-0.05, 0) is 36.5 Å². The lowest BCUT2D eigenvalue weighted by Gasteiger charge is -2.00. The summed E-state index contributed by atoms with van der Waals surface area (Å²) in [4.78, 5) is 18.4. The summed E-state index contributed by atoms with van der Waals surface area (Å²) >= 11 is 4.61. The number of hydrogen-bond donors (Lipinski definition) is 0. The molecule has 2 aromatic carbocycles. The van der Waals surface area contributed by atoms with Crippen molar-refractivity contribution in [2.45, 2.75) is 0 Å². The van der Waals surface area contributed by atoms with Gasteiger partial charge in [-0.15, -0.1) is 0 Å². The standard InChI is InChI=1S/C14H9N3O2S/c18-17(19)13-8-6-11(7-9-13)14(15-10-20)16-12-4-2-1-3-5-12/h1-9H. The number of para-hydroxylation sites is 1. The fourth-order valence-corrected chi connectivity index (χ4v) is 1.64. The molecular weight excluding hydrogens is 274 g/mol. The molecule has 98 valence electrons. The Kier molecular flexibility index (Phi) is 4.44. The molecule has 0 N–H and O–H groups in total. The predicted molar refractivity (Wildman–Crippen MR) is 80.8 cm³/mol. The Hall–Kier alpha value is -2.69. The summed E-state index contributed by atoms with van der Waals surface area (Å²) in [6, 6.07) is 15.2. The summed E-state index contributed by atoms with van der Waals surface area (Å²) in [7, 11) is 0. The minimum Gasteiger partial charge on any atom is -0.258 e. The molecule has 0 atom stereocenters. The number of nitrogens with zero attached hydrogens (tertiary/aromatic N) is 3. The topological polar surface area (TPSA) is 67.9 Å². The van der Waals surface area contributed by atoms with Gasteiger partial charge in [0.15, 0.2) is 5.84 Å². The molecule has 0 spiro atoms. The van der Waals surface area contributed by atoms with Crippen LogP contribution in [-0.2, 0) is 0 Å². The van der Waals surface area contributed by atoms with E-state index in [4.69, 9.17) is 0 Å². The third-order valence-electron chi connectivity index (χ3n) is 2.48. The van der Waals surface area contributed by atoms with Gasteiger partial charge in [0.1, 0.15) is 0 Å². The lowest BCUT2D eigenvalue weighted by atomic mass is 10.2. The molecule has 5 nitrogen and oxygen atoms in total. The molecule has 0 aromatic heterocycles. The lowest BCUT2D eigenvalue weighted by molar-refractivity contribution is -0.384. The lowest BCUT2D eigenvalue weighted by Crippen LogP contribution is -1.97. The van der Waals surface area contributed by atoms with Crippen LogP contribution in [0.3, 0.4) is 0 Å². The van der Waals surface area contributed by atoms with Gasteiger partial charge in [0.25, 0.3) is 5.69 Å². The average Bonchev–Trinajstić information content (AvgIpc) is 2.48. The van der Waals surface area contributed by atoms with Crippen molar-refractivity contribution in [3.05, 3.63) is 70.3 Å². The molecule has 2 aromatic rings. The van der Waals surface area contributed by atoms with E-state index in [1.54, 1.807) is 12.1 Å². The molecule has 20 heavy (non-hydrogen) atoms. The van der Waals surface area contributed by atoms with Crippen LogP contribution >= 0.6 is 12.2 Å². The number of amidine groups is 1. The van der Waals surface area contributed by atoms with Gasteiger partial charge in [0, 0.05) is 17.7 Å². The molecule has 0 radical (unpaired) electrons. The van der Waals surface area contributed by atoms with Gasteiger partial charge < -0.3 is 0 Å². The van der Waals surface area contributed by atoms with E-state index in [1.165, 1.54) is 12.1 Å². The van der Waals surface area contributed by atoms with Gasteiger partial charge >= 0.3 is 0 Å². The van der Waals surface area contributed by atoms with E-state index in [-0.39, 0.29) is 5.69 Å². The van der Waals surface area contributed by atoms with Gasteiger partial charge in [0.05, 0.1) is 15.8 Å². The Labute approximate surface area is 120 Å². The molecule has 2 rings (SSSR count). The largest absolute Gasteiger partial charge is 0.269 e. The monoisotopic (exact) mass is 283 g/mol. The van der Waals surface area contributed by atoms with Gasteiger partial charge in [0.2, 0.25) is 0 Å². The average molecular weight is 283 g/mol. The van der Waals surface area contributed by atoms with E-state index >= 15 is 0 Å². The van der Waals surface area contributed by atoms with E-state index in [2.05, 4.69) is 27.4 Å². The molecule has 0 fully saturated rings. The first-order valence-corrected chi connectivity index (χ1v) is 6.08. The molecule has 0 saturated heterocycles. The fraction of sp³-hybridized carbons (Fsp3) is 0. The summed E-state index contributed by atoms with van der Waals surface area (Å²) in [6.45, 7) is 0. The Morgan fingerprint density at radius 3 is 2.30 bits per heavy atom. The molecular formula is C14H9N3O2S. The smallest absolute Gasteiger partial charge is 0.258 e. The van der Waals surface area contributed by atoms with Crippen molar-refractivity contribution >= 4 is 34.6 Å². The van der Waals surface area contributed by atoms with Crippen LogP contribution in [0.2, 0.25) is 0 Å². The zero-order chi connectivity index (χ0) is 14.4. The van der Waals surface area contributed by atoms with Crippen molar-refractivity contribution in [3.63, 3.8) is 0 Å². The molecule has 0 aliphatic rings. The van der Waals surface area contributed by atoms with Gasteiger partial charge in [-0.3, -0.25) is 10.1 Å². The first-order chi connectivity index (χ1) is 9.70. The highest BCUT2D eigenvalue weighted by Gasteiger charge is 2.07. The summed E-state index contributed by atoms with van der Waals surface area (Å²) in [6.07, 6.45) is 0. The zero-order valence-corrected chi connectivity index (χ0v) is 11.1. The van der Waals surface area contributed by atoms with Crippen LogP contribution in [0.5, 0.6) is 0 Å². The molecule has 0 amide bonds. The molecule has 0 saturated carbocycles. The molecule has 0 aliphatic heterocycles. The first kappa shape index (κ1) is 13.7. The fourth-order valence-electron chi connectivity index (χ4n) is 1.55. The van der Waals surface area contributed by atoms with Gasteiger partial charge in [-0.25, -0.2) is 4.99 Å². The number of rotatable bonds is 3. The normalized spacial score (nSPS) is 10.7. The van der Waals surface area contributed by atoms with Gasteiger partial charge in [-0.1, -0.05) is 18.2 Å². The van der Waals surface area contributed by atoms with E-state index in [0.717, 1.165) is 5.69 Å². The van der Waals surface area contributed by atoms with Crippen LogP contribution in [0.1, 0.15) is 5.56 Å². The SMILES string of the molecule is O=[N+]([O-])c1ccc(C(N=C=S)=Nc2ccccc2)cc1. The number of benzene rings is 2. The number of isothiocyanates is 1. The second-order valence-electron chi connectivity index (χ2n) is 3.78. The number of aliphatic imine (C=N–C) groups is 2. The first-order valence-electron chi connectivity index (χ1n) is 5.67. The molecule has 0 unspecified atom stereocenters. The minimum atomic E-state index is -0.458. The maximum absolute atomic E-state index is 10.6. The van der Waals surface area contributed by atoms with Gasteiger partial charge in [-0.2, -0.15) is 4.99 Å². The Bertz CT molecular complexity index is 690. The molecule has 0 aliphatic carbocycles. The Morgan fingerprint density at radius 2 is 1.75 bits per heavy atom. The highest BCUT2D eigenvalue weighted by molar-refractivity contribution is 7.78. The van der Waals surface area contributed by atoms with Crippen LogP contribution in [0, 0.1) is 10.1 Å². The van der Waals surface area contributed by atoms with Crippen LogP contribution < -0.4 is 0 Å². The predicted octanol–water partition coefficient (Wildman–Crippen LogP) is 3.78. The van der Waals surface area contributed by atoms with E-state index in [9.17, 15) is 10.1 Å². The molecule has 0 bridgehead atoms. The van der Waals surface area contributed by atoms with Crippen molar-refractivity contribution in [2.24, 2.45) is 9.98 Å². The van der Waals surface area contributed by atoms with E-state index < -0.39 is 4.92 Å². The molecule has 6 heteroatoms.